The average molecular weight is 270 g/mol. The van der Waals surface area contributed by atoms with E-state index in [1.807, 2.05) is 20.8 Å². The molecule has 1 rings (SSSR count). The van der Waals surface area contributed by atoms with Crippen molar-refractivity contribution in [3.63, 3.8) is 0 Å². The zero-order valence-electron chi connectivity index (χ0n) is 11.2. The van der Waals surface area contributed by atoms with Crippen LogP contribution in [0.5, 0.6) is 0 Å². The van der Waals surface area contributed by atoms with E-state index in [1.54, 1.807) is 18.2 Å². The Kier molecular flexibility index (Phi) is 5.31. The summed E-state index contributed by atoms with van der Waals surface area (Å²) in [5.41, 5.74) is 7.44. The summed E-state index contributed by atoms with van der Waals surface area (Å²) in [6.07, 6.45) is 1.57. The molecule has 0 amide bonds. The molecule has 0 aliphatic carbocycles. The highest BCUT2D eigenvalue weighted by atomic mass is 32.2. The predicted molar refractivity (Wildman–Crippen MR) is 73.8 cm³/mol. The quantitative estimate of drug-likeness (QED) is 0.829. The molecule has 5 heteroatoms. The molecular weight excluding hydrogens is 248 g/mol. The van der Waals surface area contributed by atoms with Crippen LogP contribution < -0.4 is 10.5 Å². The summed E-state index contributed by atoms with van der Waals surface area (Å²) >= 11 is 0. The summed E-state index contributed by atoms with van der Waals surface area (Å²) in [5.74, 6) is 0. The highest BCUT2D eigenvalue weighted by Crippen LogP contribution is 2.16. The molecule has 0 fully saturated rings. The molecule has 0 atom stereocenters. The standard InChI is InChI=1S/C13H22N2O2S/c1-4-12(5-2)15-18(16,17)13-7-6-11(9-14)10(3)8-13/h6-8,12,15H,4-5,9,14H2,1-3H3. The van der Waals surface area contributed by atoms with Gasteiger partial charge in [-0.3, -0.25) is 0 Å². The van der Waals surface area contributed by atoms with Crippen LogP contribution in [-0.2, 0) is 16.6 Å². The van der Waals surface area contributed by atoms with Crippen molar-refractivity contribution in [3.8, 4) is 0 Å². The van der Waals surface area contributed by atoms with Crippen molar-refractivity contribution in [2.75, 3.05) is 0 Å². The molecule has 102 valence electrons. The van der Waals surface area contributed by atoms with Gasteiger partial charge >= 0.3 is 0 Å². The van der Waals surface area contributed by atoms with E-state index in [4.69, 9.17) is 5.73 Å². The lowest BCUT2D eigenvalue weighted by Crippen LogP contribution is -2.33. The third kappa shape index (κ3) is 3.54. The van der Waals surface area contributed by atoms with E-state index in [9.17, 15) is 8.42 Å². The molecule has 0 radical (unpaired) electrons. The zero-order valence-corrected chi connectivity index (χ0v) is 12.0. The number of aryl methyl sites for hydroxylation is 1. The molecule has 1 aromatic rings. The number of hydrogen-bond donors (Lipinski definition) is 2. The number of rotatable bonds is 6. The van der Waals surface area contributed by atoms with Crippen LogP contribution in [0.1, 0.15) is 37.8 Å². The molecule has 0 saturated carbocycles. The fourth-order valence-corrected chi connectivity index (χ4v) is 3.29. The van der Waals surface area contributed by atoms with Gasteiger partial charge in [0, 0.05) is 12.6 Å². The van der Waals surface area contributed by atoms with Crippen molar-refractivity contribution in [2.24, 2.45) is 5.73 Å². The minimum Gasteiger partial charge on any atom is -0.326 e. The molecule has 0 saturated heterocycles. The van der Waals surface area contributed by atoms with Gasteiger partial charge in [0.15, 0.2) is 0 Å². The number of nitrogens with one attached hydrogen (secondary N) is 1. The molecule has 0 bridgehead atoms. The van der Waals surface area contributed by atoms with Gasteiger partial charge in [-0.2, -0.15) is 0 Å². The summed E-state index contributed by atoms with van der Waals surface area (Å²) in [6.45, 7) is 6.24. The Morgan fingerprint density at radius 2 is 1.89 bits per heavy atom. The first-order chi connectivity index (χ1) is 8.44. The molecule has 4 nitrogen and oxygen atoms in total. The number of hydrogen-bond acceptors (Lipinski definition) is 3. The second kappa shape index (κ2) is 6.31. The van der Waals surface area contributed by atoms with Crippen LogP contribution in [0.4, 0.5) is 0 Å². The molecular formula is C13H22N2O2S. The Balaban J connectivity index is 3.02. The molecule has 0 aliphatic heterocycles. The van der Waals surface area contributed by atoms with Crippen LogP contribution in [0.25, 0.3) is 0 Å². The molecule has 0 aromatic heterocycles. The zero-order chi connectivity index (χ0) is 13.8. The monoisotopic (exact) mass is 270 g/mol. The van der Waals surface area contributed by atoms with Gasteiger partial charge in [0.25, 0.3) is 0 Å². The van der Waals surface area contributed by atoms with E-state index in [1.165, 1.54) is 0 Å². The fourth-order valence-electron chi connectivity index (χ4n) is 1.81. The summed E-state index contributed by atoms with van der Waals surface area (Å²) < 4.78 is 27.1. The van der Waals surface area contributed by atoms with Crippen molar-refractivity contribution in [1.82, 2.24) is 4.72 Å². The van der Waals surface area contributed by atoms with E-state index in [0.717, 1.165) is 24.0 Å². The van der Waals surface area contributed by atoms with Crippen molar-refractivity contribution in [2.45, 2.75) is 51.1 Å². The first-order valence-electron chi connectivity index (χ1n) is 6.26. The van der Waals surface area contributed by atoms with Crippen LogP contribution in [0.15, 0.2) is 23.1 Å². The maximum Gasteiger partial charge on any atom is 0.240 e. The summed E-state index contributed by atoms with van der Waals surface area (Å²) in [5, 5.41) is 0. The second-order valence-corrected chi connectivity index (χ2v) is 6.14. The highest BCUT2D eigenvalue weighted by molar-refractivity contribution is 7.89. The SMILES string of the molecule is CCC(CC)NS(=O)(=O)c1ccc(CN)c(C)c1. The van der Waals surface area contributed by atoms with Crippen molar-refractivity contribution >= 4 is 10.0 Å². The maximum absolute atomic E-state index is 12.2. The Morgan fingerprint density at radius 1 is 1.28 bits per heavy atom. The van der Waals surface area contributed by atoms with E-state index in [-0.39, 0.29) is 6.04 Å². The average Bonchev–Trinajstić information content (AvgIpc) is 2.35. The third-order valence-corrected chi connectivity index (χ3v) is 4.67. The summed E-state index contributed by atoms with van der Waals surface area (Å²) in [7, 11) is -3.42. The molecule has 0 aliphatic rings. The first kappa shape index (κ1) is 15.1. The fraction of sp³-hybridized carbons (Fsp3) is 0.538. The third-order valence-electron chi connectivity index (χ3n) is 3.15. The number of nitrogens with two attached hydrogens (primary N) is 1. The molecule has 1 aromatic carbocycles. The highest BCUT2D eigenvalue weighted by Gasteiger charge is 2.18. The first-order valence-corrected chi connectivity index (χ1v) is 7.74. The van der Waals surface area contributed by atoms with Crippen molar-refractivity contribution < 1.29 is 8.42 Å². The Labute approximate surface area is 110 Å². The lowest BCUT2D eigenvalue weighted by Gasteiger charge is -2.15. The topological polar surface area (TPSA) is 72.2 Å². The Morgan fingerprint density at radius 3 is 2.33 bits per heavy atom. The van der Waals surface area contributed by atoms with E-state index < -0.39 is 10.0 Å². The normalized spacial score (nSPS) is 12.1. The smallest absolute Gasteiger partial charge is 0.240 e. The lowest BCUT2D eigenvalue weighted by atomic mass is 10.1. The van der Waals surface area contributed by atoms with Gasteiger partial charge in [-0.1, -0.05) is 19.9 Å². The molecule has 3 N–H and O–H groups in total. The van der Waals surface area contributed by atoms with Crippen LogP contribution in [-0.4, -0.2) is 14.5 Å². The van der Waals surface area contributed by atoms with Crippen LogP contribution in [0.3, 0.4) is 0 Å². The largest absolute Gasteiger partial charge is 0.326 e. The van der Waals surface area contributed by atoms with Gasteiger partial charge in [0.1, 0.15) is 0 Å². The van der Waals surface area contributed by atoms with Gasteiger partial charge in [-0.15, -0.1) is 0 Å². The minimum atomic E-state index is -3.42. The minimum absolute atomic E-state index is 0.00973. The summed E-state index contributed by atoms with van der Waals surface area (Å²) in [6, 6.07) is 5.05. The second-order valence-electron chi connectivity index (χ2n) is 4.43. The lowest BCUT2D eigenvalue weighted by molar-refractivity contribution is 0.530. The van der Waals surface area contributed by atoms with Gasteiger partial charge in [-0.25, -0.2) is 13.1 Å². The molecule has 0 heterocycles. The van der Waals surface area contributed by atoms with Gasteiger partial charge < -0.3 is 5.73 Å². The Hall–Kier alpha value is -0.910. The number of sulfonamides is 1. The predicted octanol–water partition coefficient (Wildman–Crippen LogP) is 1.92. The van der Waals surface area contributed by atoms with E-state index in [2.05, 4.69) is 4.72 Å². The molecule has 0 unspecified atom stereocenters. The van der Waals surface area contributed by atoms with Crippen LogP contribution in [0.2, 0.25) is 0 Å². The van der Waals surface area contributed by atoms with E-state index in [0.29, 0.717) is 11.4 Å². The summed E-state index contributed by atoms with van der Waals surface area (Å²) in [4.78, 5) is 0.309. The Bertz CT molecular complexity index is 494. The van der Waals surface area contributed by atoms with Crippen LogP contribution in [0, 0.1) is 6.92 Å². The molecule has 18 heavy (non-hydrogen) atoms. The van der Waals surface area contributed by atoms with Gasteiger partial charge in [0.2, 0.25) is 10.0 Å². The number of benzene rings is 1. The molecule has 0 spiro atoms. The van der Waals surface area contributed by atoms with Crippen molar-refractivity contribution in [1.29, 1.82) is 0 Å². The van der Waals surface area contributed by atoms with E-state index >= 15 is 0 Å². The van der Waals surface area contributed by atoms with Crippen LogP contribution >= 0.6 is 0 Å². The van der Waals surface area contributed by atoms with Crippen molar-refractivity contribution in [3.05, 3.63) is 29.3 Å². The maximum atomic E-state index is 12.2. The van der Waals surface area contributed by atoms with Gasteiger partial charge in [-0.05, 0) is 43.0 Å². The van der Waals surface area contributed by atoms with Gasteiger partial charge in [0.05, 0.1) is 4.90 Å².